The molecule has 0 fully saturated rings. The van der Waals surface area contributed by atoms with Gasteiger partial charge in [-0.05, 0) is 74.3 Å². The molecule has 1 unspecified atom stereocenters. The number of rotatable bonds is 4. The molecule has 1 atom stereocenters. The second kappa shape index (κ2) is 10.2. The molecule has 0 bridgehead atoms. The van der Waals surface area contributed by atoms with Crippen molar-refractivity contribution in [3.05, 3.63) is 173 Å². The van der Waals surface area contributed by atoms with Crippen LogP contribution < -0.4 is 5.32 Å². The maximum atomic E-state index is 6.30. The standard InChI is InChI=1S/C43H32N2O/c1-43(2)34-22-21-31(25-33(34)40-35(43)23-24-39-41(40)32-15-9-10-16-38(32)46-39)27-17-19-30(20-18-27)42-44-36(28-11-5-3-6-12-28)26-37(45-42)29-13-7-4-8-14-29/h3-26,42,44H,1-2H3. The number of fused-ring (bicyclic) bond motifs is 7. The van der Waals surface area contributed by atoms with E-state index in [-0.39, 0.29) is 11.6 Å². The first-order valence-corrected chi connectivity index (χ1v) is 15.9. The van der Waals surface area contributed by atoms with Gasteiger partial charge in [-0.2, -0.15) is 0 Å². The summed E-state index contributed by atoms with van der Waals surface area (Å²) in [6.45, 7) is 4.67. The van der Waals surface area contributed by atoms with Crippen molar-refractivity contribution in [2.45, 2.75) is 25.4 Å². The molecule has 3 heteroatoms. The monoisotopic (exact) mass is 592 g/mol. The topological polar surface area (TPSA) is 37.5 Å². The molecule has 0 spiro atoms. The Hall–Kier alpha value is -5.67. The molecule has 6 aromatic carbocycles. The van der Waals surface area contributed by atoms with Gasteiger partial charge in [-0.15, -0.1) is 0 Å². The number of allylic oxidation sites excluding steroid dienone is 1. The highest BCUT2D eigenvalue weighted by molar-refractivity contribution is 6.15. The van der Waals surface area contributed by atoms with Crippen LogP contribution in [0.3, 0.4) is 0 Å². The lowest BCUT2D eigenvalue weighted by Crippen LogP contribution is -2.24. The molecular formula is C43H32N2O. The Labute approximate surface area is 268 Å². The van der Waals surface area contributed by atoms with E-state index in [0.29, 0.717) is 0 Å². The first-order valence-electron chi connectivity index (χ1n) is 15.9. The summed E-state index contributed by atoms with van der Waals surface area (Å²) in [5.41, 5.74) is 14.9. The van der Waals surface area contributed by atoms with E-state index < -0.39 is 0 Å². The van der Waals surface area contributed by atoms with Gasteiger partial charge in [-0.1, -0.05) is 135 Å². The van der Waals surface area contributed by atoms with Crippen molar-refractivity contribution in [2.24, 2.45) is 4.99 Å². The molecule has 0 amide bonds. The van der Waals surface area contributed by atoms with Crippen molar-refractivity contribution in [1.82, 2.24) is 5.32 Å². The van der Waals surface area contributed by atoms with Crippen LogP contribution in [0.1, 0.15) is 47.8 Å². The minimum atomic E-state index is -0.195. The molecule has 0 saturated heterocycles. The van der Waals surface area contributed by atoms with Crippen molar-refractivity contribution >= 4 is 33.3 Å². The van der Waals surface area contributed by atoms with Crippen LogP contribution in [-0.4, -0.2) is 5.71 Å². The normalized spacial score (nSPS) is 16.4. The zero-order valence-electron chi connectivity index (χ0n) is 25.8. The molecule has 1 aliphatic carbocycles. The van der Waals surface area contributed by atoms with Crippen LogP contribution in [-0.2, 0) is 5.41 Å². The molecule has 0 radical (unpaired) electrons. The average Bonchev–Trinajstić information content (AvgIpc) is 3.60. The van der Waals surface area contributed by atoms with Crippen LogP contribution in [0.25, 0.3) is 49.9 Å². The molecule has 9 rings (SSSR count). The molecule has 2 aliphatic rings. The summed E-state index contributed by atoms with van der Waals surface area (Å²) in [7, 11) is 0. The molecule has 46 heavy (non-hydrogen) atoms. The minimum absolute atomic E-state index is 0.0925. The fourth-order valence-corrected chi connectivity index (χ4v) is 7.34. The number of para-hydroxylation sites is 1. The number of hydrogen-bond acceptors (Lipinski definition) is 3. The van der Waals surface area contributed by atoms with Crippen molar-refractivity contribution in [3.63, 3.8) is 0 Å². The molecule has 1 aliphatic heterocycles. The van der Waals surface area contributed by atoms with Crippen LogP contribution in [0.2, 0.25) is 0 Å². The van der Waals surface area contributed by atoms with Gasteiger partial charge >= 0.3 is 0 Å². The Morgan fingerprint density at radius 1 is 0.609 bits per heavy atom. The molecule has 1 aromatic heterocycles. The van der Waals surface area contributed by atoms with Gasteiger partial charge in [0.1, 0.15) is 17.3 Å². The molecule has 1 N–H and O–H groups in total. The summed E-state index contributed by atoms with van der Waals surface area (Å²) < 4.78 is 6.30. The fourth-order valence-electron chi connectivity index (χ4n) is 7.34. The highest BCUT2D eigenvalue weighted by Gasteiger charge is 2.37. The zero-order chi connectivity index (χ0) is 30.8. The predicted molar refractivity (Wildman–Crippen MR) is 190 cm³/mol. The first kappa shape index (κ1) is 26.7. The van der Waals surface area contributed by atoms with E-state index in [1.807, 2.05) is 18.2 Å². The lowest BCUT2D eigenvalue weighted by Gasteiger charge is -2.25. The maximum absolute atomic E-state index is 6.30. The van der Waals surface area contributed by atoms with Gasteiger partial charge in [-0.3, -0.25) is 4.99 Å². The first-order chi connectivity index (χ1) is 22.5. The van der Waals surface area contributed by atoms with Gasteiger partial charge in [0, 0.05) is 21.9 Å². The van der Waals surface area contributed by atoms with Crippen LogP contribution in [0.5, 0.6) is 0 Å². The average molecular weight is 593 g/mol. The fraction of sp³-hybridized carbons (Fsp3) is 0.0930. The van der Waals surface area contributed by atoms with E-state index in [9.17, 15) is 0 Å². The van der Waals surface area contributed by atoms with Crippen molar-refractivity contribution in [1.29, 1.82) is 0 Å². The summed E-state index contributed by atoms with van der Waals surface area (Å²) in [6, 6.07) is 49.5. The molecule has 3 nitrogen and oxygen atoms in total. The number of hydrogen-bond donors (Lipinski definition) is 1. The lowest BCUT2D eigenvalue weighted by molar-refractivity contribution is 0.656. The number of furan rings is 1. The number of aliphatic imine (C=N–C) groups is 1. The summed E-state index contributed by atoms with van der Waals surface area (Å²) in [6.07, 6.45) is 1.96. The third kappa shape index (κ3) is 4.16. The largest absolute Gasteiger partial charge is 0.456 e. The quantitative estimate of drug-likeness (QED) is 0.221. The Morgan fingerprint density at radius 3 is 2.07 bits per heavy atom. The third-order valence-electron chi connectivity index (χ3n) is 9.73. The highest BCUT2D eigenvalue weighted by Crippen LogP contribution is 2.53. The van der Waals surface area contributed by atoms with E-state index >= 15 is 0 Å². The minimum Gasteiger partial charge on any atom is -0.456 e. The lowest BCUT2D eigenvalue weighted by atomic mass is 9.82. The van der Waals surface area contributed by atoms with E-state index in [1.165, 1.54) is 44.2 Å². The van der Waals surface area contributed by atoms with Crippen LogP contribution in [0, 0.1) is 0 Å². The Morgan fingerprint density at radius 2 is 1.28 bits per heavy atom. The number of benzene rings is 6. The van der Waals surface area contributed by atoms with Crippen LogP contribution in [0.15, 0.2) is 155 Å². The molecular weight excluding hydrogens is 560 g/mol. The summed E-state index contributed by atoms with van der Waals surface area (Å²) in [4.78, 5) is 5.16. The smallest absolute Gasteiger partial charge is 0.145 e. The Kier molecular flexibility index (Phi) is 5.91. The van der Waals surface area contributed by atoms with Crippen molar-refractivity contribution in [3.8, 4) is 22.3 Å². The van der Waals surface area contributed by atoms with Gasteiger partial charge in [0.15, 0.2) is 0 Å². The summed E-state index contributed by atoms with van der Waals surface area (Å²) in [5.74, 6) is 0. The van der Waals surface area contributed by atoms with E-state index in [2.05, 4.69) is 147 Å². The van der Waals surface area contributed by atoms with Crippen molar-refractivity contribution in [2.75, 3.05) is 0 Å². The van der Waals surface area contributed by atoms with E-state index in [0.717, 1.165) is 39.3 Å². The predicted octanol–water partition coefficient (Wildman–Crippen LogP) is 10.7. The van der Waals surface area contributed by atoms with Gasteiger partial charge in [0.25, 0.3) is 0 Å². The summed E-state index contributed by atoms with van der Waals surface area (Å²) in [5, 5.41) is 6.08. The van der Waals surface area contributed by atoms with Crippen LogP contribution >= 0.6 is 0 Å². The maximum Gasteiger partial charge on any atom is 0.145 e. The Balaban J connectivity index is 1.11. The molecule has 7 aromatic rings. The second-order valence-corrected chi connectivity index (χ2v) is 12.8. The number of nitrogens with zero attached hydrogens (tertiary/aromatic N) is 1. The SMILES string of the molecule is CC1(C)c2ccc(-c3ccc(C4N=C(c5ccccc5)C=C(c5ccccc5)N4)cc3)cc2-c2c1ccc1oc3ccccc3c21. The second-order valence-electron chi connectivity index (χ2n) is 12.8. The Bertz CT molecular complexity index is 2340. The molecule has 0 saturated carbocycles. The van der Waals surface area contributed by atoms with E-state index in [1.54, 1.807) is 0 Å². The summed E-state index contributed by atoms with van der Waals surface area (Å²) >= 11 is 0. The van der Waals surface area contributed by atoms with Gasteiger partial charge < -0.3 is 9.73 Å². The van der Waals surface area contributed by atoms with Crippen LogP contribution in [0.4, 0.5) is 0 Å². The third-order valence-corrected chi connectivity index (χ3v) is 9.73. The molecule has 2 heterocycles. The van der Waals surface area contributed by atoms with Gasteiger partial charge in [-0.25, -0.2) is 0 Å². The van der Waals surface area contributed by atoms with Gasteiger partial charge in [0.05, 0.1) is 5.71 Å². The number of nitrogens with one attached hydrogen (secondary N) is 1. The zero-order valence-corrected chi connectivity index (χ0v) is 25.8. The van der Waals surface area contributed by atoms with Crippen molar-refractivity contribution < 1.29 is 4.42 Å². The van der Waals surface area contributed by atoms with E-state index in [4.69, 9.17) is 9.41 Å². The van der Waals surface area contributed by atoms with Gasteiger partial charge in [0.2, 0.25) is 0 Å². The molecule has 220 valence electrons. The highest BCUT2D eigenvalue weighted by atomic mass is 16.3.